The molecule has 0 saturated carbocycles. The molecule has 0 unspecified atom stereocenters. The third-order valence-electron chi connectivity index (χ3n) is 3.84. The highest BCUT2D eigenvalue weighted by Crippen LogP contribution is 2.17. The van der Waals surface area contributed by atoms with Crippen LogP contribution in [-0.2, 0) is 16.6 Å². The average Bonchev–Trinajstić information content (AvgIpc) is 2.85. The molecule has 8 nitrogen and oxygen atoms in total. The first-order valence-corrected chi connectivity index (χ1v) is 7.48. The number of aromatic nitrogens is 1. The Morgan fingerprint density at radius 2 is 1.80 bits per heavy atom. The summed E-state index contributed by atoms with van der Waals surface area (Å²) in [7, 11) is 1.85. The van der Waals surface area contributed by atoms with Gasteiger partial charge in [0.1, 0.15) is 5.75 Å². The fraction of sp³-hybridized carbons (Fsp3) is 0.294. The van der Waals surface area contributed by atoms with Gasteiger partial charge in [-0.05, 0) is 32.0 Å². The summed E-state index contributed by atoms with van der Waals surface area (Å²) in [5.74, 6) is -0.690. The van der Waals surface area contributed by atoms with Crippen molar-refractivity contribution in [2.45, 2.75) is 13.8 Å². The van der Waals surface area contributed by atoms with Crippen molar-refractivity contribution in [2.24, 2.45) is 7.05 Å². The molecule has 0 aliphatic heterocycles. The van der Waals surface area contributed by atoms with Gasteiger partial charge in [0.25, 0.3) is 5.69 Å². The molecule has 0 aliphatic carbocycles. The fourth-order valence-corrected chi connectivity index (χ4v) is 2.21. The number of esters is 1. The Balaban J connectivity index is 1.83. The molecule has 1 aromatic carbocycles. The molecule has 0 N–H and O–H groups in total. The molecule has 0 atom stereocenters. The lowest BCUT2D eigenvalue weighted by Gasteiger charge is -2.07. The Morgan fingerprint density at radius 1 is 1.16 bits per heavy atom. The second-order valence-electron chi connectivity index (χ2n) is 5.47. The summed E-state index contributed by atoms with van der Waals surface area (Å²) < 4.78 is 12.0. The highest BCUT2D eigenvalue weighted by atomic mass is 16.6. The van der Waals surface area contributed by atoms with Gasteiger partial charge in [0, 0.05) is 36.1 Å². The Hall–Kier alpha value is -3.16. The standard InChI is InChI=1S/C17H18N2O6/c1-11-8-15(12(2)18(11)3)16(20)9-25-17(21)10-24-14-6-4-13(5-7-14)19(22)23/h4-8H,9-10H2,1-3H3. The first kappa shape index (κ1) is 18.2. The number of ketones is 1. The van der Waals surface area contributed by atoms with Crippen LogP contribution in [0, 0.1) is 24.0 Å². The first-order valence-electron chi connectivity index (χ1n) is 7.48. The molecule has 0 spiro atoms. The zero-order chi connectivity index (χ0) is 18.6. The highest BCUT2D eigenvalue weighted by Gasteiger charge is 2.16. The monoisotopic (exact) mass is 346 g/mol. The van der Waals surface area contributed by atoms with Gasteiger partial charge in [0.05, 0.1) is 4.92 Å². The van der Waals surface area contributed by atoms with Crippen molar-refractivity contribution in [1.82, 2.24) is 4.57 Å². The van der Waals surface area contributed by atoms with Crippen molar-refractivity contribution < 1.29 is 24.0 Å². The maximum absolute atomic E-state index is 12.1. The molecule has 0 aliphatic rings. The van der Waals surface area contributed by atoms with Crippen molar-refractivity contribution in [3.63, 3.8) is 0 Å². The summed E-state index contributed by atoms with van der Waals surface area (Å²) >= 11 is 0. The minimum absolute atomic E-state index is 0.0750. The number of nitro benzene ring substituents is 1. The number of non-ortho nitro benzene ring substituents is 1. The summed E-state index contributed by atoms with van der Waals surface area (Å²) in [5.41, 5.74) is 2.19. The van der Waals surface area contributed by atoms with Crippen LogP contribution in [0.2, 0.25) is 0 Å². The molecule has 8 heteroatoms. The Kier molecular flexibility index (Phi) is 5.53. The van der Waals surface area contributed by atoms with Crippen LogP contribution in [0.3, 0.4) is 0 Å². The fourth-order valence-electron chi connectivity index (χ4n) is 2.21. The van der Waals surface area contributed by atoms with E-state index in [0.717, 1.165) is 11.4 Å². The summed E-state index contributed by atoms with van der Waals surface area (Å²) in [6, 6.07) is 7.05. The molecule has 132 valence electrons. The Morgan fingerprint density at radius 3 is 2.32 bits per heavy atom. The summed E-state index contributed by atoms with van der Waals surface area (Å²) in [4.78, 5) is 33.8. The lowest BCUT2D eigenvalue weighted by Crippen LogP contribution is -2.19. The number of carbonyl (C=O) groups excluding carboxylic acids is 2. The lowest BCUT2D eigenvalue weighted by molar-refractivity contribution is -0.384. The number of ether oxygens (including phenoxy) is 2. The van der Waals surface area contributed by atoms with Crippen molar-refractivity contribution in [1.29, 1.82) is 0 Å². The molecule has 0 radical (unpaired) electrons. The number of benzene rings is 1. The molecular weight excluding hydrogens is 328 g/mol. The Labute approximate surface area is 144 Å². The van der Waals surface area contributed by atoms with E-state index in [4.69, 9.17) is 9.47 Å². The predicted octanol–water partition coefficient (Wildman–Crippen LogP) is 2.36. The van der Waals surface area contributed by atoms with Gasteiger partial charge in [-0.15, -0.1) is 0 Å². The molecule has 2 aromatic rings. The Bertz CT molecular complexity index is 807. The number of nitro groups is 1. The lowest BCUT2D eigenvalue weighted by atomic mass is 10.1. The van der Waals surface area contributed by atoms with Crippen molar-refractivity contribution in [3.05, 3.63) is 57.4 Å². The van der Waals surface area contributed by atoms with E-state index in [1.807, 2.05) is 25.5 Å². The van der Waals surface area contributed by atoms with E-state index in [1.165, 1.54) is 24.3 Å². The van der Waals surface area contributed by atoms with Crippen molar-refractivity contribution in [3.8, 4) is 5.75 Å². The number of carbonyl (C=O) groups is 2. The number of hydrogen-bond donors (Lipinski definition) is 0. The second-order valence-corrected chi connectivity index (χ2v) is 5.47. The quantitative estimate of drug-likeness (QED) is 0.330. The number of nitrogens with zero attached hydrogens (tertiary/aromatic N) is 2. The van der Waals surface area contributed by atoms with Gasteiger partial charge >= 0.3 is 5.97 Å². The SMILES string of the molecule is Cc1cc(C(=O)COC(=O)COc2ccc([N+](=O)[O-])cc2)c(C)n1C. The van der Waals surface area contributed by atoms with Crippen LogP contribution >= 0.6 is 0 Å². The minimum atomic E-state index is -0.697. The van der Waals surface area contributed by atoms with E-state index in [1.54, 1.807) is 6.07 Å². The number of rotatable bonds is 7. The van der Waals surface area contributed by atoms with E-state index < -0.39 is 17.5 Å². The van der Waals surface area contributed by atoms with E-state index in [-0.39, 0.29) is 18.1 Å². The van der Waals surface area contributed by atoms with E-state index in [0.29, 0.717) is 11.3 Å². The van der Waals surface area contributed by atoms with Gasteiger partial charge in [-0.2, -0.15) is 0 Å². The molecule has 0 bridgehead atoms. The van der Waals surface area contributed by atoms with E-state index in [2.05, 4.69) is 0 Å². The van der Waals surface area contributed by atoms with Crippen molar-refractivity contribution in [2.75, 3.05) is 13.2 Å². The average molecular weight is 346 g/mol. The third kappa shape index (κ3) is 4.43. The first-order chi connectivity index (χ1) is 11.8. The van der Waals surface area contributed by atoms with Crippen LogP contribution in [0.15, 0.2) is 30.3 Å². The van der Waals surface area contributed by atoms with Crippen LogP contribution < -0.4 is 4.74 Å². The highest BCUT2D eigenvalue weighted by molar-refractivity contribution is 5.99. The molecular formula is C17H18N2O6. The van der Waals surface area contributed by atoms with E-state index >= 15 is 0 Å². The third-order valence-corrected chi connectivity index (χ3v) is 3.84. The van der Waals surface area contributed by atoms with Gasteiger partial charge in [-0.25, -0.2) is 4.79 Å². The van der Waals surface area contributed by atoms with E-state index in [9.17, 15) is 19.7 Å². The molecule has 0 fully saturated rings. The number of hydrogen-bond acceptors (Lipinski definition) is 6. The van der Waals surface area contributed by atoms with Crippen LogP contribution in [0.1, 0.15) is 21.7 Å². The zero-order valence-corrected chi connectivity index (χ0v) is 14.1. The predicted molar refractivity (Wildman–Crippen MR) is 88.8 cm³/mol. The molecule has 0 amide bonds. The normalized spacial score (nSPS) is 10.4. The van der Waals surface area contributed by atoms with Gasteiger partial charge in [0.15, 0.2) is 13.2 Å². The zero-order valence-electron chi connectivity index (χ0n) is 14.1. The summed E-state index contributed by atoms with van der Waals surface area (Å²) in [5, 5.41) is 10.5. The maximum atomic E-state index is 12.1. The molecule has 1 aromatic heterocycles. The van der Waals surface area contributed by atoms with Crippen LogP contribution in [0.4, 0.5) is 5.69 Å². The smallest absolute Gasteiger partial charge is 0.344 e. The van der Waals surface area contributed by atoms with Crippen LogP contribution in [0.25, 0.3) is 0 Å². The summed E-state index contributed by atoms with van der Waals surface area (Å²) in [6.07, 6.45) is 0. The van der Waals surface area contributed by atoms with Crippen LogP contribution in [-0.4, -0.2) is 34.5 Å². The molecule has 0 saturated heterocycles. The second kappa shape index (κ2) is 7.61. The van der Waals surface area contributed by atoms with Crippen molar-refractivity contribution >= 4 is 17.4 Å². The summed E-state index contributed by atoms with van der Waals surface area (Å²) in [6.45, 7) is 2.94. The molecule has 25 heavy (non-hydrogen) atoms. The largest absolute Gasteiger partial charge is 0.482 e. The molecule has 1 heterocycles. The molecule has 2 rings (SSSR count). The van der Waals surface area contributed by atoms with Gasteiger partial charge in [-0.3, -0.25) is 14.9 Å². The van der Waals surface area contributed by atoms with Gasteiger partial charge in [0.2, 0.25) is 5.78 Å². The van der Waals surface area contributed by atoms with Crippen LogP contribution in [0.5, 0.6) is 5.75 Å². The topological polar surface area (TPSA) is 101 Å². The number of aryl methyl sites for hydroxylation is 1. The van der Waals surface area contributed by atoms with Gasteiger partial charge < -0.3 is 14.0 Å². The maximum Gasteiger partial charge on any atom is 0.344 e. The minimum Gasteiger partial charge on any atom is -0.482 e. The van der Waals surface area contributed by atoms with Gasteiger partial charge in [-0.1, -0.05) is 0 Å². The number of Topliss-reactive ketones (excluding diaryl/α,β-unsaturated/α-hetero) is 1.